The van der Waals surface area contributed by atoms with Crippen LogP contribution in [0.1, 0.15) is 68.7 Å². The van der Waals surface area contributed by atoms with Crippen molar-refractivity contribution in [1.29, 1.82) is 0 Å². The molecule has 2 N–H and O–H groups in total. The third-order valence-electron chi connectivity index (χ3n) is 5.79. The zero-order chi connectivity index (χ0) is 24.1. The number of hydrogen-bond donors (Lipinski definition) is 2. The predicted octanol–water partition coefficient (Wildman–Crippen LogP) is 4.68. The smallest absolute Gasteiger partial charge is 0.407 e. The molecule has 3 rings (SSSR count). The molecular formula is C26H36N2O4S. The van der Waals surface area contributed by atoms with E-state index in [9.17, 15) is 13.2 Å². The van der Waals surface area contributed by atoms with Crippen LogP contribution in [0.15, 0.2) is 48.5 Å². The lowest BCUT2D eigenvalue weighted by Crippen LogP contribution is -2.44. The summed E-state index contributed by atoms with van der Waals surface area (Å²) in [7, 11) is -3.28. The van der Waals surface area contributed by atoms with Gasteiger partial charge in [0, 0.05) is 18.5 Å². The Morgan fingerprint density at radius 1 is 1.09 bits per heavy atom. The minimum Gasteiger partial charge on any atom is -0.444 e. The van der Waals surface area contributed by atoms with Crippen molar-refractivity contribution in [1.82, 2.24) is 10.0 Å². The minimum absolute atomic E-state index is 0.0656. The average Bonchev–Trinajstić information content (AvgIpc) is 2.73. The molecule has 0 saturated carbocycles. The Bertz CT molecular complexity index is 1050. The Morgan fingerprint density at radius 2 is 1.82 bits per heavy atom. The molecule has 6 nitrogen and oxygen atoms in total. The van der Waals surface area contributed by atoms with Crippen molar-refractivity contribution in [2.75, 3.05) is 5.75 Å². The quantitative estimate of drug-likeness (QED) is 0.584. The number of ether oxygens (including phenoxy) is 1. The summed E-state index contributed by atoms with van der Waals surface area (Å²) < 4.78 is 32.4. The maximum absolute atomic E-state index is 12.6. The molecule has 0 bridgehead atoms. The summed E-state index contributed by atoms with van der Waals surface area (Å²) in [6.07, 6.45) is 2.63. The molecule has 0 radical (unpaired) electrons. The molecule has 1 aliphatic rings. The van der Waals surface area contributed by atoms with Crippen LogP contribution in [0.4, 0.5) is 4.79 Å². The fourth-order valence-electron chi connectivity index (χ4n) is 4.34. The molecule has 0 aliphatic heterocycles. The number of sulfonamides is 1. The Labute approximate surface area is 198 Å². The summed E-state index contributed by atoms with van der Waals surface area (Å²) >= 11 is 0. The van der Waals surface area contributed by atoms with E-state index in [0.717, 1.165) is 24.8 Å². The lowest BCUT2D eigenvalue weighted by Gasteiger charge is -2.35. The molecule has 2 aromatic carbocycles. The van der Waals surface area contributed by atoms with E-state index < -0.39 is 21.7 Å². The molecular weight excluding hydrogens is 436 g/mol. The van der Waals surface area contributed by atoms with E-state index in [4.69, 9.17) is 4.74 Å². The largest absolute Gasteiger partial charge is 0.444 e. The molecule has 0 unspecified atom stereocenters. The monoisotopic (exact) mass is 472 g/mol. The summed E-state index contributed by atoms with van der Waals surface area (Å²) in [5, 5.41) is 3.11. The summed E-state index contributed by atoms with van der Waals surface area (Å²) in [5.41, 5.74) is 3.97. The highest BCUT2D eigenvalue weighted by Gasteiger charge is 2.32. The number of hydrogen-bond acceptors (Lipinski definition) is 4. The molecule has 0 aromatic heterocycles. The first-order chi connectivity index (χ1) is 15.6. The Morgan fingerprint density at radius 3 is 2.48 bits per heavy atom. The fourth-order valence-corrected chi connectivity index (χ4v) is 5.41. The molecule has 7 heteroatoms. The van der Waals surface area contributed by atoms with Gasteiger partial charge in [0.1, 0.15) is 5.60 Å². The Balaban J connectivity index is 1.86. The van der Waals surface area contributed by atoms with Crippen molar-refractivity contribution in [2.24, 2.45) is 0 Å². The van der Waals surface area contributed by atoms with Crippen LogP contribution in [-0.4, -0.2) is 31.9 Å². The van der Waals surface area contributed by atoms with Gasteiger partial charge < -0.3 is 10.1 Å². The number of nitrogens with one attached hydrogen (secondary N) is 2. The number of aryl methyl sites for hydroxylation is 1. The summed E-state index contributed by atoms with van der Waals surface area (Å²) in [6, 6.07) is 16.4. The SMILES string of the molecule is CCCS(=O)(=O)NCc1ccc2c(c1)[C@H](Cc1ccccc1)[C@H](NC(=O)OC(C)(C)C)CC2. The van der Waals surface area contributed by atoms with Gasteiger partial charge in [-0.15, -0.1) is 0 Å². The van der Waals surface area contributed by atoms with Gasteiger partial charge in [-0.25, -0.2) is 17.9 Å². The van der Waals surface area contributed by atoms with E-state index in [1.807, 2.05) is 52.0 Å². The number of carbonyl (C=O) groups excluding carboxylic acids is 1. The maximum Gasteiger partial charge on any atom is 0.407 e. The van der Waals surface area contributed by atoms with Gasteiger partial charge in [0.25, 0.3) is 0 Å². The highest BCUT2D eigenvalue weighted by atomic mass is 32.2. The molecule has 0 saturated heterocycles. The van der Waals surface area contributed by atoms with Gasteiger partial charge in [-0.1, -0.05) is 55.5 Å². The summed E-state index contributed by atoms with van der Waals surface area (Å²) in [5.74, 6) is 0.187. The van der Waals surface area contributed by atoms with E-state index in [0.29, 0.717) is 6.42 Å². The first-order valence-corrected chi connectivity index (χ1v) is 13.3. The second-order valence-corrected chi connectivity index (χ2v) is 11.7. The summed E-state index contributed by atoms with van der Waals surface area (Å²) in [6.45, 7) is 7.68. The number of amides is 1. The molecule has 0 fully saturated rings. The second kappa shape index (κ2) is 10.7. The van der Waals surface area contributed by atoms with Crippen molar-refractivity contribution in [2.45, 2.75) is 77.5 Å². The first kappa shape index (κ1) is 25.2. The molecule has 2 atom stereocenters. The van der Waals surface area contributed by atoms with Gasteiger partial charge in [-0.3, -0.25) is 0 Å². The van der Waals surface area contributed by atoms with E-state index >= 15 is 0 Å². The van der Waals surface area contributed by atoms with Crippen LogP contribution in [0.5, 0.6) is 0 Å². The molecule has 33 heavy (non-hydrogen) atoms. The van der Waals surface area contributed by atoms with Gasteiger partial charge in [0.2, 0.25) is 10.0 Å². The maximum atomic E-state index is 12.6. The van der Waals surface area contributed by atoms with Crippen molar-refractivity contribution >= 4 is 16.1 Å². The van der Waals surface area contributed by atoms with Crippen molar-refractivity contribution < 1.29 is 17.9 Å². The topological polar surface area (TPSA) is 84.5 Å². The van der Waals surface area contributed by atoms with Gasteiger partial charge in [0.15, 0.2) is 0 Å². The number of rotatable bonds is 8. The number of fused-ring (bicyclic) bond motifs is 1. The van der Waals surface area contributed by atoms with Crippen molar-refractivity contribution in [3.63, 3.8) is 0 Å². The van der Waals surface area contributed by atoms with Crippen LogP contribution in [0, 0.1) is 0 Å². The lowest BCUT2D eigenvalue weighted by atomic mass is 9.75. The number of carbonyl (C=O) groups is 1. The third kappa shape index (κ3) is 7.57. The van der Waals surface area contributed by atoms with Crippen LogP contribution >= 0.6 is 0 Å². The predicted molar refractivity (Wildman–Crippen MR) is 132 cm³/mol. The first-order valence-electron chi connectivity index (χ1n) is 11.7. The van der Waals surface area contributed by atoms with Crippen LogP contribution in [0.2, 0.25) is 0 Å². The number of alkyl carbamates (subject to hydrolysis) is 1. The van der Waals surface area contributed by atoms with Gasteiger partial charge in [-0.05, 0) is 68.7 Å². The van der Waals surface area contributed by atoms with Crippen LogP contribution < -0.4 is 10.0 Å². The standard InChI is InChI=1S/C26H36N2O4S/c1-5-15-33(30,31)27-18-20-11-12-21-13-14-24(28-25(29)32-26(2,3)4)23(22(21)17-20)16-19-9-7-6-8-10-19/h6-12,17,23-24,27H,5,13-16,18H2,1-4H3,(H,28,29)/t23-,24+/m0/s1. The molecule has 0 heterocycles. The van der Waals surface area contributed by atoms with Crippen LogP contribution in [0.3, 0.4) is 0 Å². The Kier molecular flexibility index (Phi) is 8.19. The van der Waals surface area contributed by atoms with Gasteiger partial charge in [-0.2, -0.15) is 0 Å². The fraction of sp³-hybridized carbons (Fsp3) is 0.500. The van der Waals surface area contributed by atoms with E-state index in [-0.39, 0.29) is 24.3 Å². The molecule has 2 aromatic rings. The zero-order valence-corrected chi connectivity index (χ0v) is 20.9. The van der Waals surface area contributed by atoms with E-state index in [1.165, 1.54) is 16.7 Å². The lowest BCUT2D eigenvalue weighted by molar-refractivity contribution is 0.0491. The highest BCUT2D eigenvalue weighted by molar-refractivity contribution is 7.89. The number of benzene rings is 2. The van der Waals surface area contributed by atoms with Gasteiger partial charge in [0.05, 0.1) is 5.75 Å². The van der Waals surface area contributed by atoms with Crippen molar-refractivity contribution in [3.05, 3.63) is 70.8 Å². The van der Waals surface area contributed by atoms with Crippen LogP contribution in [0.25, 0.3) is 0 Å². The summed E-state index contributed by atoms with van der Waals surface area (Å²) in [4.78, 5) is 12.6. The molecule has 0 spiro atoms. The minimum atomic E-state index is -3.28. The second-order valence-electron chi connectivity index (χ2n) is 9.76. The highest BCUT2D eigenvalue weighted by Crippen LogP contribution is 2.35. The van der Waals surface area contributed by atoms with Crippen LogP contribution in [-0.2, 0) is 34.1 Å². The van der Waals surface area contributed by atoms with Gasteiger partial charge >= 0.3 is 6.09 Å². The zero-order valence-electron chi connectivity index (χ0n) is 20.1. The van der Waals surface area contributed by atoms with Crippen molar-refractivity contribution in [3.8, 4) is 0 Å². The normalized spacial score (nSPS) is 18.4. The average molecular weight is 473 g/mol. The third-order valence-corrected chi connectivity index (χ3v) is 7.32. The van der Waals surface area contributed by atoms with E-state index in [1.54, 1.807) is 0 Å². The molecule has 1 amide bonds. The molecule has 1 aliphatic carbocycles. The molecule has 180 valence electrons. The van der Waals surface area contributed by atoms with E-state index in [2.05, 4.69) is 34.3 Å². The Hall–Kier alpha value is -2.38.